The molecule has 0 N–H and O–H groups in total. The first-order chi connectivity index (χ1) is 12.6. The average Bonchev–Trinajstić information content (AvgIpc) is 2.68. The fraction of sp³-hybridized carbons (Fsp3) is 0.286. The molecular weight excluding hydrogens is 330 g/mol. The largest absolute Gasteiger partial charge is 0.463 e. The minimum Gasteiger partial charge on any atom is -0.463 e. The number of nitro groups is 1. The molecule has 26 heavy (non-hydrogen) atoms. The molecule has 0 saturated carbocycles. The second-order valence-electron chi connectivity index (χ2n) is 6.30. The van der Waals surface area contributed by atoms with Gasteiger partial charge in [-0.2, -0.15) is 0 Å². The third kappa shape index (κ3) is 3.52. The van der Waals surface area contributed by atoms with Crippen LogP contribution in [0.1, 0.15) is 36.3 Å². The highest BCUT2D eigenvalue weighted by molar-refractivity contribution is 5.90. The molecule has 0 saturated heterocycles. The Morgan fingerprint density at radius 3 is 2.19 bits per heavy atom. The van der Waals surface area contributed by atoms with Gasteiger partial charge in [-0.25, -0.2) is 4.79 Å². The Labute approximate surface area is 152 Å². The molecule has 0 spiro atoms. The van der Waals surface area contributed by atoms with E-state index in [-0.39, 0.29) is 17.4 Å². The molecule has 0 unspecified atom stereocenters. The normalized spacial score (nSPS) is 22.3. The Morgan fingerprint density at radius 1 is 1.08 bits per heavy atom. The molecule has 0 radical (unpaired) electrons. The predicted octanol–water partition coefficient (Wildman–Crippen LogP) is 4.09. The standard InChI is InChI=1S/C21H21NO4/c1-2-26-21(23)18-14-13-17(15-9-5-3-6-10-15)20(22(24)25)19(18)16-11-7-4-8-12-16/h3-12,14,17,19-20H,2,13H2,1H3/t17-,19+,20+/m0/s1. The number of nitrogens with zero attached hydrogens (tertiary/aromatic N) is 1. The monoisotopic (exact) mass is 351 g/mol. The first kappa shape index (κ1) is 17.9. The highest BCUT2D eigenvalue weighted by atomic mass is 16.6. The zero-order chi connectivity index (χ0) is 18.5. The number of hydrogen-bond acceptors (Lipinski definition) is 4. The van der Waals surface area contributed by atoms with Gasteiger partial charge in [-0.3, -0.25) is 10.1 Å². The van der Waals surface area contributed by atoms with E-state index < -0.39 is 17.9 Å². The van der Waals surface area contributed by atoms with E-state index in [9.17, 15) is 14.9 Å². The maximum Gasteiger partial charge on any atom is 0.334 e. The molecule has 1 aliphatic carbocycles. The summed E-state index contributed by atoms with van der Waals surface area (Å²) in [6.45, 7) is 1.97. The first-order valence-electron chi connectivity index (χ1n) is 8.74. The summed E-state index contributed by atoms with van der Waals surface area (Å²) in [4.78, 5) is 24.3. The van der Waals surface area contributed by atoms with Gasteiger partial charge in [0, 0.05) is 10.5 Å². The Morgan fingerprint density at radius 2 is 1.65 bits per heavy atom. The van der Waals surface area contributed by atoms with Gasteiger partial charge in [0.05, 0.1) is 18.4 Å². The van der Waals surface area contributed by atoms with E-state index in [1.165, 1.54) is 0 Å². The van der Waals surface area contributed by atoms with Gasteiger partial charge in [-0.05, 0) is 24.5 Å². The van der Waals surface area contributed by atoms with Crippen LogP contribution in [0.5, 0.6) is 0 Å². The van der Waals surface area contributed by atoms with Gasteiger partial charge < -0.3 is 4.74 Å². The molecule has 0 fully saturated rings. The molecule has 3 rings (SSSR count). The summed E-state index contributed by atoms with van der Waals surface area (Å²) < 4.78 is 5.17. The number of ether oxygens (including phenoxy) is 1. The molecule has 0 amide bonds. The molecule has 0 aromatic heterocycles. The van der Waals surface area contributed by atoms with Crippen LogP contribution in [0, 0.1) is 10.1 Å². The van der Waals surface area contributed by atoms with Crippen molar-refractivity contribution in [3.63, 3.8) is 0 Å². The van der Waals surface area contributed by atoms with Crippen molar-refractivity contribution in [2.24, 2.45) is 0 Å². The number of carbonyl (C=O) groups excluding carboxylic acids is 1. The second-order valence-corrected chi connectivity index (χ2v) is 6.30. The molecule has 0 bridgehead atoms. The van der Waals surface area contributed by atoms with Crippen LogP contribution in [0.3, 0.4) is 0 Å². The Balaban J connectivity index is 2.11. The van der Waals surface area contributed by atoms with Crippen molar-refractivity contribution >= 4 is 5.97 Å². The van der Waals surface area contributed by atoms with Gasteiger partial charge in [0.1, 0.15) is 0 Å². The second kappa shape index (κ2) is 7.95. The number of allylic oxidation sites excluding steroid dienone is 1. The van der Waals surface area contributed by atoms with Gasteiger partial charge in [0.25, 0.3) is 0 Å². The lowest BCUT2D eigenvalue weighted by Crippen LogP contribution is -2.39. The molecule has 5 heteroatoms. The summed E-state index contributed by atoms with van der Waals surface area (Å²) >= 11 is 0. The van der Waals surface area contributed by atoms with Crippen LogP contribution in [-0.4, -0.2) is 23.5 Å². The van der Waals surface area contributed by atoms with Gasteiger partial charge in [-0.1, -0.05) is 66.7 Å². The molecule has 1 aliphatic rings. The van der Waals surface area contributed by atoms with E-state index in [1.807, 2.05) is 66.7 Å². The number of rotatable bonds is 5. The van der Waals surface area contributed by atoms with Gasteiger partial charge >= 0.3 is 5.97 Å². The van der Waals surface area contributed by atoms with Crippen molar-refractivity contribution in [3.05, 3.63) is 93.6 Å². The van der Waals surface area contributed by atoms with Crippen LogP contribution < -0.4 is 0 Å². The molecular formula is C21H21NO4. The lowest BCUT2D eigenvalue weighted by atomic mass is 9.71. The fourth-order valence-electron chi connectivity index (χ4n) is 3.70. The van der Waals surface area contributed by atoms with Crippen molar-refractivity contribution in [1.82, 2.24) is 0 Å². The minimum atomic E-state index is -0.927. The number of hydrogen-bond donors (Lipinski definition) is 0. The maximum absolute atomic E-state index is 12.5. The smallest absolute Gasteiger partial charge is 0.334 e. The van der Waals surface area contributed by atoms with E-state index in [4.69, 9.17) is 4.74 Å². The SMILES string of the molecule is CCOC(=O)C1=CC[C@@H](c2ccccc2)[C@@H]([N+](=O)[O-])[C@@H]1c1ccccc1. The van der Waals surface area contributed by atoms with E-state index in [2.05, 4.69) is 0 Å². The van der Waals surface area contributed by atoms with Crippen LogP contribution >= 0.6 is 0 Å². The number of esters is 1. The molecule has 0 aliphatic heterocycles. The Bertz CT molecular complexity index is 801. The van der Waals surface area contributed by atoms with Gasteiger partial charge in [0.2, 0.25) is 6.04 Å². The van der Waals surface area contributed by atoms with E-state index in [0.717, 1.165) is 11.1 Å². The first-order valence-corrected chi connectivity index (χ1v) is 8.74. The van der Waals surface area contributed by atoms with E-state index in [1.54, 1.807) is 6.92 Å². The van der Waals surface area contributed by atoms with Crippen LogP contribution in [0.25, 0.3) is 0 Å². The summed E-state index contributed by atoms with van der Waals surface area (Å²) in [5, 5.41) is 12.1. The summed E-state index contributed by atoms with van der Waals surface area (Å²) in [6.07, 6.45) is 2.25. The molecule has 0 heterocycles. The summed E-state index contributed by atoms with van der Waals surface area (Å²) in [6, 6.07) is 17.7. The van der Waals surface area contributed by atoms with Crippen molar-refractivity contribution in [3.8, 4) is 0 Å². The maximum atomic E-state index is 12.5. The summed E-state index contributed by atoms with van der Waals surface area (Å²) in [7, 11) is 0. The third-order valence-corrected chi connectivity index (χ3v) is 4.82. The predicted molar refractivity (Wildman–Crippen MR) is 98.5 cm³/mol. The quantitative estimate of drug-likeness (QED) is 0.462. The lowest BCUT2D eigenvalue weighted by Gasteiger charge is -2.32. The third-order valence-electron chi connectivity index (χ3n) is 4.82. The Kier molecular flexibility index (Phi) is 5.46. The molecule has 3 atom stereocenters. The highest BCUT2D eigenvalue weighted by Gasteiger charge is 2.47. The summed E-state index contributed by atoms with van der Waals surface area (Å²) in [5.41, 5.74) is 2.05. The molecule has 2 aromatic carbocycles. The summed E-state index contributed by atoms with van der Waals surface area (Å²) in [5.74, 6) is -1.40. The topological polar surface area (TPSA) is 69.4 Å². The van der Waals surface area contributed by atoms with Gasteiger partial charge in [-0.15, -0.1) is 0 Å². The van der Waals surface area contributed by atoms with Crippen LogP contribution in [0.2, 0.25) is 0 Å². The average molecular weight is 351 g/mol. The zero-order valence-corrected chi connectivity index (χ0v) is 14.6. The molecule has 134 valence electrons. The van der Waals surface area contributed by atoms with Crippen molar-refractivity contribution < 1.29 is 14.5 Å². The molecule has 2 aromatic rings. The van der Waals surface area contributed by atoms with E-state index in [0.29, 0.717) is 12.0 Å². The zero-order valence-electron chi connectivity index (χ0n) is 14.6. The molecule has 5 nitrogen and oxygen atoms in total. The highest BCUT2D eigenvalue weighted by Crippen LogP contribution is 2.43. The van der Waals surface area contributed by atoms with Crippen molar-refractivity contribution in [1.29, 1.82) is 0 Å². The number of carbonyl (C=O) groups is 1. The number of benzene rings is 2. The van der Waals surface area contributed by atoms with Crippen molar-refractivity contribution in [2.45, 2.75) is 31.2 Å². The van der Waals surface area contributed by atoms with Crippen LogP contribution in [0.15, 0.2) is 72.3 Å². The Hall–Kier alpha value is -2.95. The fourth-order valence-corrected chi connectivity index (χ4v) is 3.70. The van der Waals surface area contributed by atoms with E-state index >= 15 is 0 Å². The van der Waals surface area contributed by atoms with Gasteiger partial charge in [0.15, 0.2) is 0 Å². The minimum absolute atomic E-state index is 0.239. The van der Waals surface area contributed by atoms with Crippen molar-refractivity contribution in [2.75, 3.05) is 6.61 Å². The van der Waals surface area contributed by atoms with Crippen LogP contribution in [-0.2, 0) is 9.53 Å². The lowest BCUT2D eigenvalue weighted by molar-refractivity contribution is -0.530. The van der Waals surface area contributed by atoms with Crippen LogP contribution in [0.4, 0.5) is 0 Å².